The van der Waals surface area contributed by atoms with E-state index in [1.54, 1.807) is 6.92 Å². The van der Waals surface area contributed by atoms with Crippen LogP contribution in [0.15, 0.2) is 12.1 Å². The summed E-state index contributed by atoms with van der Waals surface area (Å²) < 4.78 is 30.9. The van der Waals surface area contributed by atoms with Crippen LogP contribution in [0.1, 0.15) is 31.4 Å². The molecule has 1 atom stereocenters. The fraction of sp³-hybridized carbons (Fsp3) is 0.588. The number of piperidine rings is 1. The van der Waals surface area contributed by atoms with Crippen molar-refractivity contribution in [2.75, 3.05) is 33.9 Å². The summed E-state index contributed by atoms with van der Waals surface area (Å²) >= 11 is 0. The zero-order valence-corrected chi connectivity index (χ0v) is 14.3. The van der Waals surface area contributed by atoms with Gasteiger partial charge in [-0.3, -0.25) is 0 Å². The maximum atomic E-state index is 14.8. The molecule has 0 aliphatic carbocycles. The van der Waals surface area contributed by atoms with Crippen LogP contribution in [0.5, 0.6) is 11.5 Å². The molecule has 0 bridgehead atoms. The number of methoxy groups -OCH3 is 1. The Morgan fingerprint density at radius 3 is 2.62 bits per heavy atom. The minimum atomic E-state index is -1.41. The summed E-state index contributed by atoms with van der Waals surface area (Å²) in [5.41, 5.74) is -0.0983. The lowest BCUT2D eigenvalue weighted by Crippen LogP contribution is -2.35. The number of carboxylic acids is 1. The third-order valence-corrected chi connectivity index (χ3v) is 4.05. The second-order valence-electron chi connectivity index (χ2n) is 5.83. The second-order valence-corrected chi connectivity index (χ2v) is 5.83. The molecular formula is C17H24FNO5. The molecule has 0 saturated carbocycles. The standard InChI is InChI=1S/C17H24FNO5/c1-4-23-12-9-13(16(22-3)17(20)21)15(18)14(10-12)24-11-5-7-19(2)8-6-11/h9-11,16H,4-8H2,1-3H3,(H,20,21). The van der Waals surface area contributed by atoms with Crippen LogP contribution in [0.25, 0.3) is 0 Å². The zero-order chi connectivity index (χ0) is 17.7. The minimum Gasteiger partial charge on any atom is -0.494 e. The molecule has 6 nitrogen and oxygen atoms in total. The van der Waals surface area contributed by atoms with E-state index in [0.717, 1.165) is 25.9 Å². The molecule has 0 radical (unpaired) electrons. The summed E-state index contributed by atoms with van der Waals surface area (Å²) in [4.78, 5) is 13.5. The fourth-order valence-corrected chi connectivity index (χ4v) is 2.76. The van der Waals surface area contributed by atoms with Crippen molar-refractivity contribution < 1.29 is 28.5 Å². The molecule has 0 spiro atoms. The average Bonchev–Trinajstić information content (AvgIpc) is 2.54. The monoisotopic (exact) mass is 341 g/mol. The molecule has 134 valence electrons. The zero-order valence-electron chi connectivity index (χ0n) is 14.3. The number of ether oxygens (including phenoxy) is 3. The minimum absolute atomic E-state index is 0.00815. The quantitative estimate of drug-likeness (QED) is 0.822. The SMILES string of the molecule is CCOc1cc(OC2CCN(C)CC2)c(F)c(C(OC)C(=O)O)c1. The number of nitrogens with zero attached hydrogens (tertiary/aromatic N) is 1. The second kappa shape index (κ2) is 8.30. The lowest BCUT2D eigenvalue weighted by molar-refractivity contribution is -0.149. The van der Waals surface area contributed by atoms with E-state index in [4.69, 9.17) is 14.2 Å². The lowest BCUT2D eigenvalue weighted by atomic mass is 10.1. The first-order chi connectivity index (χ1) is 11.5. The third-order valence-electron chi connectivity index (χ3n) is 4.05. The van der Waals surface area contributed by atoms with E-state index in [0.29, 0.717) is 12.4 Å². The Morgan fingerprint density at radius 1 is 1.42 bits per heavy atom. The Kier molecular flexibility index (Phi) is 6.39. The normalized spacial score (nSPS) is 17.5. The summed E-state index contributed by atoms with van der Waals surface area (Å²) in [6, 6.07) is 2.82. The predicted octanol–water partition coefficient (Wildman–Crippen LogP) is 2.47. The summed E-state index contributed by atoms with van der Waals surface area (Å²) in [6.07, 6.45) is 0.0598. The highest BCUT2D eigenvalue weighted by Crippen LogP contribution is 2.34. The third kappa shape index (κ3) is 4.36. The first-order valence-corrected chi connectivity index (χ1v) is 8.03. The van der Waals surface area contributed by atoms with Crippen LogP contribution in [0, 0.1) is 5.82 Å². The summed E-state index contributed by atoms with van der Waals surface area (Å²) in [7, 11) is 3.25. The van der Waals surface area contributed by atoms with E-state index >= 15 is 0 Å². The Labute approximate surface area is 141 Å². The van der Waals surface area contributed by atoms with Crippen molar-refractivity contribution in [2.45, 2.75) is 32.0 Å². The molecule has 1 aromatic rings. The van der Waals surface area contributed by atoms with E-state index in [2.05, 4.69) is 4.90 Å². The predicted molar refractivity (Wildman–Crippen MR) is 86.1 cm³/mol. The van der Waals surface area contributed by atoms with Gasteiger partial charge in [-0.2, -0.15) is 0 Å². The van der Waals surface area contributed by atoms with Gasteiger partial charge in [0.15, 0.2) is 17.7 Å². The van der Waals surface area contributed by atoms with Gasteiger partial charge >= 0.3 is 5.97 Å². The highest BCUT2D eigenvalue weighted by molar-refractivity contribution is 5.75. The molecular weight excluding hydrogens is 317 g/mol. The van der Waals surface area contributed by atoms with Crippen molar-refractivity contribution in [2.24, 2.45) is 0 Å². The number of carbonyl (C=O) groups is 1. The van der Waals surface area contributed by atoms with Crippen LogP contribution in [-0.4, -0.2) is 55.9 Å². The molecule has 1 aliphatic rings. The summed E-state index contributed by atoms with van der Waals surface area (Å²) in [5, 5.41) is 9.23. The van der Waals surface area contributed by atoms with Crippen LogP contribution >= 0.6 is 0 Å². The van der Waals surface area contributed by atoms with Crippen molar-refractivity contribution in [3.63, 3.8) is 0 Å². The first-order valence-electron chi connectivity index (χ1n) is 8.03. The smallest absolute Gasteiger partial charge is 0.337 e. The largest absolute Gasteiger partial charge is 0.494 e. The van der Waals surface area contributed by atoms with Crippen LogP contribution in [-0.2, 0) is 9.53 Å². The molecule has 2 rings (SSSR count). The van der Waals surface area contributed by atoms with Gasteiger partial charge in [0, 0.05) is 31.8 Å². The van der Waals surface area contributed by atoms with Gasteiger partial charge in [-0.05, 0) is 32.9 Å². The molecule has 1 aromatic carbocycles. The highest BCUT2D eigenvalue weighted by atomic mass is 19.1. The van der Waals surface area contributed by atoms with Crippen LogP contribution < -0.4 is 9.47 Å². The maximum absolute atomic E-state index is 14.8. The van der Waals surface area contributed by atoms with E-state index in [9.17, 15) is 14.3 Å². The van der Waals surface area contributed by atoms with Gasteiger partial charge < -0.3 is 24.2 Å². The number of carboxylic acid groups (broad SMARTS) is 1. The van der Waals surface area contributed by atoms with Crippen LogP contribution in [0.2, 0.25) is 0 Å². The van der Waals surface area contributed by atoms with Crippen LogP contribution in [0.4, 0.5) is 4.39 Å². The molecule has 0 aromatic heterocycles. The molecule has 1 aliphatic heterocycles. The fourth-order valence-electron chi connectivity index (χ4n) is 2.76. The number of rotatable bonds is 7. The molecule has 1 unspecified atom stereocenters. The van der Waals surface area contributed by atoms with Crippen molar-refractivity contribution in [1.82, 2.24) is 4.90 Å². The van der Waals surface area contributed by atoms with Gasteiger partial charge in [0.1, 0.15) is 11.9 Å². The van der Waals surface area contributed by atoms with Gasteiger partial charge in [0.05, 0.1) is 6.61 Å². The van der Waals surface area contributed by atoms with Gasteiger partial charge in [0.25, 0.3) is 0 Å². The van der Waals surface area contributed by atoms with E-state index < -0.39 is 17.9 Å². The van der Waals surface area contributed by atoms with Crippen molar-refractivity contribution in [3.05, 3.63) is 23.5 Å². The average molecular weight is 341 g/mol. The van der Waals surface area contributed by atoms with Crippen molar-refractivity contribution in [3.8, 4) is 11.5 Å². The van der Waals surface area contributed by atoms with Crippen LogP contribution in [0.3, 0.4) is 0 Å². The number of benzene rings is 1. The van der Waals surface area contributed by atoms with E-state index in [1.807, 2.05) is 7.05 Å². The number of hydrogen-bond acceptors (Lipinski definition) is 5. The molecule has 7 heteroatoms. The van der Waals surface area contributed by atoms with E-state index in [-0.39, 0.29) is 17.4 Å². The molecule has 0 amide bonds. The van der Waals surface area contributed by atoms with Gasteiger partial charge in [0.2, 0.25) is 0 Å². The summed E-state index contributed by atoms with van der Waals surface area (Å²) in [5.74, 6) is -1.61. The lowest BCUT2D eigenvalue weighted by Gasteiger charge is -2.29. The van der Waals surface area contributed by atoms with Gasteiger partial charge in [-0.1, -0.05) is 0 Å². The number of hydrogen-bond donors (Lipinski definition) is 1. The van der Waals surface area contributed by atoms with Crippen molar-refractivity contribution >= 4 is 5.97 Å². The highest BCUT2D eigenvalue weighted by Gasteiger charge is 2.28. The van der Waals surface area contributed by atoms with Gasteiger partial charge in [-0.25, -0.2) is 9.18 Å². The number of likely N-dealkylation sites (tertiary alicyclic amines) is 1. The Hall–Kier alpha value is -1.86. The topological polar surface area (TPSA) is 68.2 Å². The van der Waals surface area contributed by atoms with Crippen molar-refractivity contribution in [1.29, 1.82) is 0 Å². The molecule has 1 N–H and O–H groups in total. The Balaban J connectivity index is 2.31. The first kappa shape index (κ1) is 18.5. The molecule has 1 fully saturated rings. The number of aliphatic carboxylic acids is 1. The summed E-state index contributed by atoms with van der Waals surface area (Å²) in [6.45, 7) is 3.93. The molecule has 1 saturated heterocycles. The number of halogens is 1. The Morgan fingerprint density at radius 2 is 2.08 bits per heavy atom. The Bertz CT molecular complexity index is 572. The van der Waals surface area contributed by atoms with Gasteiger partial charge in [-0.15, -0.1) is 0 Å². The van der Waals surface area contributed by atoms with E-state index in [1.165, 1.54) is 19.2 Å². The molecule has 1 heterocycles. The maximum Gasteiger partial charge on any atom is 0.337 e. The molecule has 24 heavy (non-hydrogen) atoms.